The number of carbonyl (C=O) groups is 1. The number of ether oxygens (including phenoxy) is 7. The van der Waals surface area contributed by atoms with E-state index in [0.717, 1.165) is 11.1 Å². The molecule has 8 nitrogen and oxygen atoms in total. The average molecular weight is 573 g/mol. The molecule has 1 unspecified atom stereocenters. The van der Waals surface area contributed by atoms with Crippen LogP contribution in [0, 0.1) is 0 Å². The second-order valence-corrected chi connectivity index (χ2v) is 9.31. The number of rotatable bonds is 15. The third kappa shape index (κ3) is 7.02. The van der Waals surface area contributed by atoms with Crippen LogP contribution in [0.5, 0.6) is 28.7 Å². The summed E-state index contributed by atoms with van der Waals surface area (Å²) in [6, 6.07) is 28.2. The van der Waals surface area contributed by atoms with Crippen molar-refractivity contribution in [1.29, 1.82) is 0 Å². The average Bonchev–Trinajstić information content (AvgIpc) is 3.05. The van der Waals surface area contributed by atoms with Gasteiger partial charge in [-0.05, 0) is 29.3 Å². The van der Waals surface area contributed by atoms with Gasteiger partial charge in [-0.3, -0.25) is 4.79 Å². The third-order valence-corrected chi connectivity index (χ3v) is 6.79. The first-order valence-corrected chi connectivity index (χ1v) is 13.4. The summed E-state index contributed by atoms with van der Waals surface area (Å²) in [5.74, 6) is 0.841. The number of carbonyl (C=O) groups excluding carboxylic acids is 1. The quantitative estimate of drug-likeness (QED) is 0.119. The summed E-state index contributed by atoms with van der Waals surface area (Å²) in [6.07, 6.45) is -0.944. The van der Waals surface area contributed by atoms with Crippen LogP contribution in [-0.2, 0) is 22.7 Å². The summed E-state index contributed by atoms with van der Waals surface area (Å²) in [5, 5.41) is 0. The molecule has 4 aromatic carbocycles. The van der Waals surface area contributed by atoms with Crippen LogP contribution in [0.15, 0.2) is 91.0 Å². The van der Waals surface area contributed by atoms with Crippen LogP contribution >= 0.6 is 0 Å². The number of methoxy groups -OCH3 is 5. The van der Waals surface area contributed by atoms with Gasteiger partial charge in [-0.25, -0.2) is 0 Å². The zero-order chi connectivity index (χ0) is 29.9. The van der Waals surface area contributed by atoms with Crippen LogP contribution in [0.4, 0.5) is 0 Å². The Bertz CT molecular complexity index is 1440. The van der Waals surface area contributed by atoms with Gasteiger partial charge in [0.1, 0.15) is 30.6 Å². The predicted octanol–water partition coefficient (Wildman–Crippen LogP) is 6.46. The number of hydrogen-bond acceptors (Lipinski definition) is 8. The molecule has 0 saturated carbocycles. The lowest BCUT2D eigenvalue weighted by atomic mass is 9.88. The summed E-state index contributed by atoms with van der Waals surface area (Å²) >= 11 is 0. The van der Waals surface area contributed by atoms with Crippen LogP contribution in [-0.4, -0.2) is 47.6 Å². The van der Waals surface area contributed by atoms with Gasteiger partial charge in [0, 0.05) is 25.8 Å². The molecule has 220 valence electrons. The Hall–Kier alpha value is -4.53. The molecule has 1 atom stereocenters. The summed E-state index contributed by atoms with van der Waals surface area (Å²) in [6.45, 7) is 0.624. The first-order valence-electron chi connectivity index (χ1n) is 13.4. The van der Waals surface area contributed by atoms with Gasteiger partial charge in [-0.15, -0.1) is 0 Å². The van der Waals surface area contributed by atoms with E-state index >= 15 is 0 Å². The fourth-order valence-corrected chi connectivity index (χ4v) is 4.71. The summed E-state index contributed by atoms with van der Waals surface area (Å²) in [5.41, 5.74) is 2.82. The normalized spacial score (nSPS) is 11.6. The van der Waals surface area contributed by atoms with Crippen molar-refractivity contribution in [2.45, 2.75) is 25.4 Å². The molecule has 0 amide bonds. The van der Waals surface area contributed by atoms with Crippen molar-refractivity contribution in [2.75, 3.05) is 35.5 Å². The van der Waals surface area contributed by atoms with Crippen LogP contribution in [0.3, 0.4) is 0 Å². The van der Waals surface area contributed by atoms with Gasteiger partial charge >= 0.3 is 0 Å². The van der Waals surface area contributed by atoms with E-state index in [-0.39, 0.29) is 12.4 Å². The fourth-order valence-electron chi connectivity index (χ4n) is 4.71. The fraction of sp³-hybridized carbons (Fsp3) is 0.265. The Labute approximate surface area is 246 Å². The highest BCUT2D eigenvalue weighted by atomic mass is 16.7. The monoisotopic (exact) mass is 572 g/mol. The Morgan fingerprint density at radius 2 is 1.21 bits per heavy atom. The van der Waals surface area contributed by atoms with E-state index in [0.29, 0.717) is 46.5 Å². The first-order chi connectivity index (χ1) is 20.5. The third-order valence-electron chi connectivity index (χ3n) is 6.79. The molecule has 0 aliphatic rings. The molecular weight excluding hydrogens is 536 g/mol. The molecule has 0 bridgehead atoms. The smallest absolute Gasteiger partial charge is 0.203 e. The maximum absolute atomic E-state index is 14.4. The number of hydrogen-bond donors (Lipinski definition) is 0. The Kier molecular flexibility index (Phi) is 10.8. The molecule has 0 aliphatic heterocycles. The van der Waals surface area contributed by atoms with E-state index in [1.54, 1.807) is 30.3 Å². The van der Waals surface area contributed by atoms with E-state index in [1.165, 1.54) is 35.5 Å². The zero-order valence-corrected chi connectivity index (χ0v) is 24.5. The zero-order valence-electron chi connectivity index (χ0n) is 24.5. The maximum Gasteiger partial charge on any atom is 0.203 e. The second kappa shape index (κ2) is 14.9. The molecule has 0 saturated heterocycles. The topological polar surface area (TPSA) is 81.7 Å². The van der Waals surface area contributed by atoms with Crippen molar-refractivity contribution in [3.63, 3.8) is 0 Å². The van der Waals surface area contributed by atoms with Gasteiger partial charge in [0.2, 0.25) is 5.75 Å². The SMILES string of the molecule is COc1ccc(C(C(=O)c2ccc(OCc3ccccc3)cc2OCc2ccccc2)C(OC)OC)c(OC)c1OC. The molecule has 0 radical (unpaired) electrons. The molecule has 8 heteroatoms. The van der Waals surface area contributed by atoms with Crippen LogP contribution in [0.25, 0.3) is 0 Å². The van der Waals surface area contributed by atoms with Gasteiger partial charge < -0.3 is 33.2 Å². The highest BCUT2D eigenvalue weighted by molar-refractivity contribution is 6.04. The highest BCUT2D eigenvalue weighted by Gasteiger charge is 2.36. The van der Waals surface area contributed by atoms with Crippen molar-refractivity contribution in [3.8, 4) is 28.7 Å². The molecule has 4 aromatic rings. The molecular formula is C34H36O8. The van der Waals surface area contributed by atoms with E-state index in [4.69, 9.17) is 33.2 Å². The van der Waals surface area contributed by atoms with Gasteiger partial charge in [0.25, 0.3) is 0 Å². The second-order valence-electron chi connectivity index (χ2n) is 9.31. The lowest BCUT2D eigenvalue weighted by molar-refractivity contribution is -0.110. The molecule has 0 spiro atoms. The van der Waals surface area contributed by atoms with Crippen molar-refractivity contribution in [2.24, 2.45) is 0 Å². The molecule has 42 heavy (non-hydrogen) atoms. The summed E-state index contributed by atoms with van der Waals surface area (Å²) in [7, 11) is 7.51. The predicted molar refractivity (Wildman–Crippen MR) is 159 cm³/mol. The van der Waals surface area contributed by atoms with Crippen molar-refractivity contribution >= 4 is 5.78 Å². The minimum atomic E-state index is -0.944. The first kappa shape index (κ1) is 30.4. The van der Waals surface area contributed by atoms with E-state index in [2.05, 4.69) is 0 Å². The molecule has 4 rings (SSSR count). The summed E-state index contributed by atoms with van der Waals surface area (Å²) < 4.78 is 40.3. The molecule has 0 aliphatic carbocycles. The lowest BCUT2D eigenvalue weighted by Gasteiger charge is -2.27. The Morgan fingerprint density at radius 3 is 1.76 bits per heavy atom. The highest BCUT2D eigenvalue weighted by Crippen LogP contribution is 2.45. The standard InChI is InChI=1S/C34H36O8/c1-36-28-19-18-27(32(37-2)33(28)38-3)30(34(39-4)40-5)31(35)26-17-16-25(41-21-23-12-8-6-9-13-23)20-29(26)42-22-24-14-10-7-11-15-24/h6-20,30,34H,21-22H2,1-5H3. The van der Waals surface area contributed by atoms with E-state index < -0.39 is 12.2 Å². The maximum atomic E-state index is 14.4. The molecule has 0 N–H and O–H groups in total. The Balaban J connectivity index is 1.76. The van der Waals surface area contributed by atoms with Gasteiger partial charge in [0.05, 0.1) is 26.9 Å². The minimum Gasteiger partial charge on any atom is -0.493 e. The number of ketones is 1. The number of benzene rings is 4. The molecule has 0 fully saturated rings. The minimum absolute atomic E-state index is 0.256. The van der Waals surface area contributed by atoms with Crippen molar-refractivity contribution in [1.82, 2.24) is 0 Å². The van der Waals surface area contributed by atoms with E-state index in [9.17, 15) is 4.79 Å². The van der Waals surface area contributed by atoms with Gasteiger partial charge in [0.15, 0.2) is 23.6 Å². The van der Waals surface area contributed by atoms with E-state index in [1.807, 2.05) is 60.7 Å². The Morgan fingerprint density at radius 1 is 0.619 bits per heavy atom. The largest absolute Gasteiger partial charge is 0.493 e. The van der Waals surface area contributed by atoms with Crippen LogP contribution in [0.1, 0.15) is 33.0 Å². The lowest BCUT2D eigenvalue weighted by Crippen LogP contribution is -2.30. The van der Waals surface area contributed by atoms with Crippen LogP contribution < -0.4 is 23.7 Å². The molecule has 0 aromatic heterocycles. The van der Waals surface area contributed by atoms with Crippen LogP contribution in [0.2, 0.25) is 0 Å². The molecule has 0 heterocycles. The van der Waals surface area contributed by atoms with Gasteiger partial charge in [-0.1, -0.05) is 66.7 Å². The van der Waals surface area contributed by atoms with Crippen molar-refractivity contribution < 1.29 is 38.0 Å². The summed E-state index contributed by atoms with van der Waals surface area (Å²) in [4.78, 5) is 14.4. The van der Waals surface area contributed by atoms with Crippen molar-refractivity contribution in [3.05, 3.63) is 113 Å². The number of Topliss-reactive ketones (excluding diaryl/α,β-unsaturated/α-hetero) is 1. The van der Waals surface area contributed by atoms with Gasteiger partial charge in [-0.2, -0.15) is 0 Å².